The molecule has 0 radical (unpaired) electrons. The molecule has 0 aliphatic heterocycles. The van der Waals surface area contributed by atoms with E-state index < -0.39 is 10.8 Å². The first-order valence-electron chi connectivity index (χ1n) is 6.64. The van der Waals surface area contributed by atoms with Crippen LogP contribution in [0, 0.1) is 0 Å². The molecule has 1 rings (SSSR count). The van der Waals surface area contributed by atoms with Gasteiger partial charge in [0, 0.05) is 45.4 Å². The molecule has 0 amide bonds. The predicted molar refractivity (Wildman–Crippen MR) is 85.2 cm³/mol. The minimum atomic E-state index is -0.702. The molecule has 0 aromatic heterocycles. The van der Waals surface area contributed by atoms with Gasteiger partial charge in [0.05, 0.1) is 6.61 Å². The van der Waals surface area contributed by atoms with E-state index in [1.165, 1.54) is 0 Å². The van der Waals surface area contributed by atoms with Gasteiger partial charge in [-0.2, -0.15) is 0 Å². The van der Waals surface area contributed by atoms with Crippen LogP contribution < -0.4 is 10.1 Å². The topological polar surface area (TPSA) is 38.3 Å². The number of ether oxygens (including phenoxy) is 1. The van der Waals surface area contributed by atoms with Crippen LogP contribution in [0.15, 0.2) is 22.7 Å². The Hall–Kier alpha value is -0.390. The van der Waals surface area contributed by atoms with E-state index in [4.69, 9.17) is 4.74 Å². The van der Waals surface area contributed by atoms with Crippen molar-refractivity contribution in [3.8, 4) is 5.75 Å². The molecular formula is C14H22BrNO2S. The van der Waals surface area contributed by atoms with Crippen molar-refractivity contribution in [1.29, 1.82) is 0 Å². The molecule has 1 N–H and O–H groups in total. The molecular weight excluding hydrogens is 326 g/mol. The second kappa shape index (κ2) is 9.50. The van der Waals surface area contributed by atoms with Gasteiger partial charge in [-0.1, -0.05) is 29.8 Å². The largest absolute Gasteiger partial charge is 0.493 e. The lowest BCUT2D eigenvalue weighted by atomic mass is 10.2. The van der Waals surface area contributed by atoms with E-state index in [0.29, 0.717) is 5.75 Å². The molecule has 0 saturated carbocycles. The van der Waals surface area contributed by atoms with Crippen molar-refractivity contribution in [2.45, 2.75) is 26.8 Å². The summed E-state index contributed by atoms with van der Waals surface area (Å²) < 4.78 is 18.1. The molecule has 0 aliphatic rings. The summed E-state index contributed by atoms with van der Waals surface area (Å²) in [6.45, 7) is 6.27. The Morgan fingerprint density at radius 1 is 1.37 bits per heavy atom. The van der Waals surface area contributed by atoms with Crippen molar-refractivity contribution >= 4 is 26.7 Å². The fraction of sp³-hybridized carbons (Fsp3) is 0.571. The van der Waals surface area contributed by atoms with Crippen LogP contribution in [-0.2, 0) is 17.3 Å². The zero-order valence-electron chi connectivity index (χ0n) is 11.6. The summed E-state index contributed by atoms with van der Waals surface area (Å²) in [6.07, 6.45) is 0.998. The molecule has 1 unspecified atom stereocenters. The molecule has 108 valence electrons. The van der Waals surface area contributed by atoms with E-state index in [1.54, 1.807) is 0 Å². The number of nitrogens with one attached hydrogen (secondary N) is 1. The van der Waals surface area contributed by atoms with Crippen LogP contribution in [-0.4, -0.2) is 28.9 Å². The van der Waals surface area contributed by atoms with Gasteiger partial charge in [-0.3, -0.25) is 4.21 Å². The lowest BCUT2D eigenvalue weighted by Crippen LogP contribution is -2.21. The number of halogens is 1. The fourth-order valence-electron chi connectivity index (χ4n) is 1.59. The van der Waals surface area contributed by atoms with E-state index in [2.05, 4.69) is 34.2 Å². The second-order valence-electron chi connectivity index (χ2n) is 4.21. The highest BCUT2D eigenvalue weighted by Crippen LogP contribution is 2.23. The Labute approximate surface area is 126 Å². The first-order valence-corrected chi connectivity index (χ1v) is 8.92. The highest BCUT2D eigenvalue weighted by atomic mass is 79.9. The Morgan fingerprint density at radius 3 is 2.84 bits per heavy atom. The molecule has 0 spiro atoms. The average Bonchev–Trinajstić information content (AvgIpc) is 2.42. The van der Waals surface area contributed by atoms with Crippen LogP contribution in [0.4, 0.5) is 0 Å². The molecule has 1 aromatic rings. The number of hydrogen-bond acceptors (Lipinski definition) is 3. The van der Waals surface area contributed by atoms with Crippen molar-refractivity contribution in [3.63, 3.8) is 0 Å². The van der Waals surface area contributed by atoms with Gasteiger partial charge >= 0.3 is 0 Å². The van der Waals surface area contributed by atoms with Gasteiger partial charge in [0.2, 0.25) is 0 Å². The predicted octanol–water partition coefficient (Wildman–Crippen LogP) is 3.10. The van der Waals surface area contributed by atoms with Crippen molar-refractivity contribution in [2.24, 2.45) is 0 Å². The standard InChI is InChI=1S/C14H22BrNO2S/c1-3-8-18-14-6-5-13(15)10-12(14)11-16-7-9-19(17)4-2/h5-6,10,16H,3-4,7-9,11H2,1-2H3. The summed E-state index contributed by atoms with van der Waals surface area (Å²) >= 11 is 3.48. The first-order chi connectivity index (χ1) is 9.17. The van der Waals surface area contributed by atoms with Crippen LogP contribution in [0.2, 0.25) is 0 Å². The summed E-state index contributed by atoms with van der Waals surface area (Å²) in [5, 5.41) is 3.32. The highest BCUT2D eigenvalue weighted by molar-refractivity contribution is 9.10. The number of hydrogen-bond donors (Lipinski definition) is 1. The van der Waals surface area contributed by atoms with Crippen LogP contribution >= 0.6 is 15.9 Å². The van der Waals surface area contributed by atoms with Crippen LogP contribution in [0.25, 0.3) is 0 Å². The van der Waals surface area contributed by atoms with Gasteiger partial charge in [-0.05, 0) is 24.6 Å². The molecule has 0 saturated heterocycles. The molecule has 0 bridgehead atoms. The van der Waals surface area contributed by atoms with Gasteiger partial charge in [-0.25, -0.2) is 0 Å². The Balaban J connectivity index is 2.50. The summed E-state index contributed by atoms with van der Waals surface area (Å²) in [4.78, 5) is 0. The molecule has 1 atom stereocenters. The van der Waals surface area contributed by atoms with E-state index in [-0.39, 0.29) is 0 Å². The van der Waals surface area contributed by atoms with E-state index >= 15 is 0 Å². The molecule has 3 nitrogen and oxygen atoms in total. The Bertz CT molecular complexity index is 412. The fourth-order valence-corrected chi connectivity index (χ4v) is 2.66. The maximum atomic E-state index is 11.3. The molecule has 0 aliphatic carbocycles. The Morgan fingerprint density at radius 2 is 2.16 bits per heavy atom. The van der Waals surface area contributed by atoms with E-state index in [0.717, 1.165) is 47.7 Å². The van der Waals surface area contributed by atoms with Gasteiger partial charge in [0.25, 0.3) is 0 Å². The number of benzene rings is 1. The monoisotopic (exact) mass is 347 g/mol. The third-order valence-electron chi connectivity index (χ3n) is 2.63. The quantitative estimate of drug-likeness (QED) is 0.697. The first kappa shape index (κ1) is 16.7. The van der Waals surface area contributed by atoms with E-state index in [1.807, 2.05) is 19.1 Å². The minimum Gasteiger partial charge on any atom is -0.493 e. The normalized spacial score (nSPS) is 12.4. The van der Waals surface area contributed by atoms with Crippen LogP contribution in [0.1, 0.15) is 25.8 Å². The average molecular weight is 348 g/mol. The van der Waals surface area contributed by atoms with Crippen LogP contribution in [0.3, 0.4) is 0 Å². The molecule has 1 aromatic carbocycles. The molecule has 0 heterocycles. The van der Waals surface area contributed by atoms with E-state index in [9.17, 15) is 4.21 Å². The summed E-state index contributed by atoms with van der Waals surface area (Å²) in [5.74, 6) is 2.35. The minimum absolute atomic E-state index is 0.702. The van der Waals surface area contributed by atoms with Crippen molar-refractivity contribution < 1.29 is 8.95 Å². The van der Waals surface area contributed by atoms with Gasteiger partial charge in [0.15, 0.2) is 0 Å². The highest BCUT2D eigenvalue weighted by Gasteiger charge is 2.04. The lowest BCUT2D eigenvalue weighted by Gasteiger charge is -2.12. The summed E-state index contributed by atoms with van der Waals surface area (Å²) in [7, 11) is -0.702. The van der Waals surface area contributed by atoms with Crippen LogP contribution in [0.5, 0.6) is 5.75 Å². The second-order valence-corrected chi connectivity index (χ2v) is 6.99. The Kier molecular flexibility index (Phi) is 8.34. The van der Waals surface area contributed by atoms with Gasteiger partial charge < -0.3 is 10.1 Å². The van der Waals surface area contributed by atoms with Crippen molar-refractivity contribution in [1.82, 2.24) is 5.32 Å². The maximum Gasteiger partial charge on any atom is 0.123 e. The van der Waals surface area contributed by atoms with Gasteiger partial charge in [-0.15, -0.1) is 0 Å². The molecule has 19 heavy (non-hydrogen) atoms. The number of rotatable bonds is 9. The summed E-state index contributed by atoms with van der Waals surface area (Å²) in [6, 6.07) is 6.04. The van der Waals surface area contributed by atoms with Crippen molar-refractivity contribution in [3.05, 3.63) is 28.2 Å². The third-order valence-corrected chi connectivity index (χ3v) is 4.42. The van der Waals surface area contributed by atoms with Gasteiger partial charge in [0.1, 0.15) is 5.75 Å². The lowest BCUT2D eigenvalue weighted by molar-refractivity contribution is 0.313. The SMILES string of the molecule is CCCOc1ccc(Br)cc1CNCCS(=O)CC. The maximum absolute atomic E-state index is 11.3. The summed E-state index contributed by atoms with van der Waals surface area (Å²) in [5.41, 5.74) is 1.13. The zero-order chi connectivity index (χ0) is 14.1. The molecule has 5 heteroatoms. The smallest absolute Gasteiger partial charge is 0.123 e. The zero-order valence-corrected chi connectivity index (χ0v) is 14.0. The third kappa shape index (κ3) is 6.54. The molecule has 0 fully saturated rings. The van der Waals surface area contributed by atoms with Crippen molar-refractivity contribution in [2.75, 3.05) is 24.7 Å².